The monoisotopic (exact) mass is 350 g/mol. The van der Waals surface area contributed by atoms with E-state index in [1.54, 1.807) is 23.5 Å². The minimum absolute atomic E-state index is 0.161. The van der Waals surface area contributed by atoms with Gasteiger partial charge in [-0.25, -0.2) is 4.79 Å². The van der Waals surface area contributed by atoms with Gasteiger partial charge in [-0.05, 0) is 36.4 Å². The zero-order valence-corrected chi connectivity index (χ0v) is 13.8. The second-order valence-electron chi connectivity index (χ2n) is 4.90. The zero-order valence-electron chi connectivity index (χ0n) is 12.9. The highest BCUT2D eigenvalue weighted by Crippen LogP contribution is 2.12. The number of amides is 3. The Morgan fingerprint density at radius 1 is 1.21 bits per heavy atom. The van der Waals surface area contributed by atoms with Gasteiger partial charge in [0.15, 0.2) is 6.61 Å². The van der Waals surface area contributed by atoms with E-state index in [-0.39, 0.29) is 13.0 Å². The van der Waals surface area contributed by atoms with E-state index in [1.165, 1.54) is 11.1 Å². The fourth-order valence-electron chi connectivity index (χ4n) is 1.87. The van der Waals surface area contributed by atoms with Crippen LogP contribution in [0.15, 0.2) is 40.3 Å². The smallest absolute Gasteiger partial charge is 0.321 e. The Kier molecular flexibility index (Phi) is 7.03. The Labute approximate surface area is 143 Å². The summed E-state index contributed by atoms with van der Waals surface area (Å²) in [5, 5.41) is 6.50. The maximum absolute atomic E-state index is 11.5. The third-order valence-corrected chi connectivity index (χ3v) is 3.94. The molecule has 7 nitrogen and oxygen atoms in total. The fourth-order valence-corrected chi connectivity index (χ4v) is 2.62. The lowest BCUT2D eigenvalue weighted by Gasteiger charge is -2.06. The molecule has 0 saturated heterocycles. The number of nitrogens with one attached hydrogen (secondary N) is 2. The van der Waals surface area contributed by atoms with Crippen molar-refractivity contribution in [3.8, 4) is 0 Å². The van der Waals surface area contributed by atoms with Crippen molar-refractivity contribution >= 4 is 29.2 Å². The normalized spacial score (nSPS) is 10.2. The molecular formula is C16H18N2O5S. The van der Waals surface area contributed by atoms with E-state index in [9.17, 15) is 14.4 Å². The van der Waals surface area contributed by atoms with Gasteiger partial charge in [-0.3, -0.25) is 14.9 Å². The number of urea groups is 1. The van der Waals surface area contributed by atoms with Gasteiger partial charge < -0.3 is 14.5 Å². The summed E-state index contributed by atoms with van der Waals surface area (Å²) in [5.74, 6) is -0.578. The van der Waals surface area contributed by atoms with Gasteiger partial charge >= 0.3 is 12.0 Å². The first-order chi connectivity index (χ1) is 11.6. The van der Waals surface area contributed by atoms with E-state index in [2.05, 4.69) is 10.6 Å². The molecule has 8 heteroatoms. The summed E-state index contributed by atoms with van der Waals surface area (Å²) in [6, 6.07) is 6.67. The van der Waals surface area contributed by atoms with E-state index >= 15 is 0 Å². The average molecular weight is 350 g/mol. The number of hydrogen-bond acceptors (Lipinski definition) is 6. The Morgan fingerprint density at radius 2 is 2.08 bits per heavy atom. The van der Waals surface area contributed by atoms with Crippen LogP contribution in [0.5, 0.6) is 0 Å². The van der Waals surface area contributed by atoms with Crippen molar-refractivity contribution in [2.24, 2.45) is 0 Å². The third kappa shape index (κ3) is 6.66. The highest BCUT2D eigenvalue weighted by atomic mass is 32.1. The van der Waals surface area contributed by atoms with Gasteiger partial charge in [0.2, 0.25) is 0 Å². The molecule has 0 atom stereocenters. The number of aryl methyl sites for hydroxylation is 1. The van der Waals surface area contributed by atoms with Crippen LogP contribution in [0.25, 0.3) is 0 Å². The van der Waals surface area contributed by atoms with Crippen molar-refractivity contribution in [2.45, 2.75) is 25.8 Å². The van der Waals surface area contributed by atoms with Crippen LogP contribution < -0.4 is 10.6 Å². The van der Waals surface area contributed by atoms with E-state index < -0.39 is 24.5 Å². The van der Waals surface area contributed by atoms with Gasteiger partial charge in [-0.1, -0.05) is 6.07 Å². The van der Waals surface area contributed by atoms with Crippen LogP contribution in [0.2, 0.25) is 0 Å². The lowest BCUT2D eigenvalue weighted by Crippen LogP contribution is -2.41. The standard InChI is InChI=1S/C16H18N2O5S/c19-14(18-16(21)17-10-12-4-2-8-22-12)11-23-15(20)7-1-5-13-6-3-9-24-13/h2-4,6,8-9H,1,5,7,10-11H2,(H2,17,18,19,21). The van der Waals surface area contributed by atoms with Crippen molar-refractivity contribution < 1.29 is 23.5 Å². The summed E-state index contributed by atoms with van der Waals surface area (Å²) in [7, 11) is 0. The van der Waals surface area contributed by atoms with Gasteiger partial charge in [-0.15, -0.1) is 11.3 Å². The summed E-state index contributed by atoms with van der Waals surface area (Å²) < 4.78 is 9.86. The first-order valence-corrected chi connectivity index (χ1v) is 8.29. The van der Waals surface area contributed by atoms with Crippen molar-refractivity contribution in [3.63, 3.8) is 0 Å². The Morgan fingerprint density at radius 3 is 2.79 bits per heavy atom. The summed E-state index contributed by atoms with van der Waals surface area (Å²) in [4.78, 5) is 35.7. The molecule has 24 heavy (non-hydrogen) atoms. The predicted molar refractivity (Wildman–Crippen MR) is 87.3 cm³/mol. The highest BCUT2D eigenvalue weighted by molar-refractivity contribution is 7.09. The first-order valence-electron chi connectivity index (χ1n) is 7.41. The van der Waals surface area contributed by atoms with E-state index in [0.29, 0.717) is 12.2 Å². The molecular weight excluding hydrogens is 332 g/mol. The maximum Gasteiger partial charge on any atom is 0.321 e. The summed E-state index contributed by atoms with van der Waals surface area (Å²) in [6.45, 7) is -0.319. The van der Waals surface area contributed by atoms with Gasteiger partial charge in [-0.2, -0.15) is 0 Å². The van der Waals surface area contributed by atoms with Crippen LogP contribution in [0.3, 0.4) is 0 Å². The van der Waals surface area contributed by atoms with Gasteiger partial charge in [0.25, 0.3) is 5.91 Å². The SMILES string of the molecule is O=C(COC(=O)CCCc1cccs1)NC(=O)NCc1ccco1. The molecule has 128 valence electrons. The molecule has 2 rings (SSSR count). The molecule has 0 saturated carbocycles. The van der Waals surface area contributed by atoms with Crippen LogP contribution in [-0.2, 0) is 27.3 Å². The molecule has 0 spiro atoms. The molecule has 0 radical (unpaired) electrons. The lowest BCUT2D eigenvalue weighted by molar-refractivity contribution is -0.148. The topological polar surface area (TPSA) is 97.6 Å². The maximum atomic E-state index is 11.5. The minimum Gasteiger partial charge on any atom is -0.467 e. The Hall–Kier alpha value is -2.61. The number of hydrogen-bond donors (Lipinski definition) is 2. The zero-order chi connectivity index (χ0) is 17.2. The van der Waals surface area contributed by atoms with Crippen LogP contribution in [-0.4, -0.2) is 24.5 Å². The number of furan rings is 1. The van der Waals surface area contributed by atoms with Crippen LogP contribution in [0.1, 0.15) is 23.5 Å². The predicted octanol–water partition coefficient (Wildman–Crippen LogP) is 2.23. The number of carbonyl (C=O) groups excluding carboxylic acids is 3. The molecule has 0 aliphatic rings. The quantitative estimate of drug-likeness (QED) is 0.712. The molecule has 3 amide bonds. The van der Waals surface area contributed by atoms with E-state index in [4.69, 9.17) is 9.15 Å². The molecule has 0 unspecified atom stereocenters. The van der Waals surface area contributed by atoms with Crippen molar-refractivity contribution in [1.29, 1.82) is 0 Å². The minimum atomic E-state index is -0.682. The number of esters is 1. The number of rotatable bonds is 8. The molecule has 2 aromatic heterocycles. The van der Waals surface area contributed by atoms with Crippen LogP contribution >= 0.6 is 11.3 Å². The Bertz CT molecular complexity index is 652. The van der Waals surface area contributed by atoms with E-state index in [1.807, 2.05) is 17.5 Å². The highest BCUT2D eigenvalue weighted by Gasteiger charge is 2.11. The van der Waals surface area contributed by atoms with Gasteiger partial charge in [0.1, 0.15) is 5.76 Å². The summed E-state index contributed by atoms with van der Waals surface area (Å²) in [5.41, 5.74) is 0. The molecule has 0 aliphatic heterocycles. The molecule has 0 bridgehead atoms. The fraction of sp³-hybridized carbons (Fsp3) is 0.312. The number of thiophene rings is 1. The van der Waals surface area contributed by atoms with Crippen LogP contribution in [0.4, 0.5) is 4.79 Å². The summed E-state index contributed by atoms with van der Waals surface area (Å²) >= 11 is 1.64. The van der Waals surface area contributed by atoms with Crippen LogP contribution in [0, 0.1) is 0 Å². The molecule has 2 aromatic rings. The van der Waals surface area contributed by atoms with Gasteiger partial charge in [0, 0.05) is 11.3 Å². The van der Waals surface area contributed by atoms with Gasteiger partial charge in [0.05, 0.1) is 12.8 Å². The molecule has 0 aromatic carbocycles. The first kappa shape index (κ1) is 17.7. The summed E-state index contributed by atoms with van der Waals surface area (Å²) in [6.07, 6.45) is 3.17. The number of imide groups is 1. The van der Waals surface area contributed by atoms with E-state index in [0.717, 1.165) is 6.42 Å². The number of ether oxygens (including phenoxy) is 1. The second-order valence-corrected chi connectivity index (χ2v) is 5.94. The molecule has 2 N–H and O–H groups in total. The largest absolute Gasteiger partial charge is 0.467 e. The molecule has 0 fully saturated rings. The number of carbonyl (C=O) groups is 3. The van der Waals surface area contributed by atoms with Crippen molar-refractivity contribution in [3.05, 3.63) is 46.5 Å². The molecule has 2 heterocycles. The molecule has 0 aliphatic carbocycles. The van der Waals surface area contributed by atoms with Crippen molar-refractivity contribution in [1.82, 2.24) is 10.6 Å². The lowest BCUT2D eigenvalue weighted by atomic mass is 10.2. The van der Waals surface area contributed by atoms with Crippen molar-refractivity contribution in [2.75, 3.05) is 6.61 Å². The third-order valence-electron chi connectivity index (χ3n) is 3.00. The Balaban J connectivity index is 1.54. The second kappa shape index (κ2) is 9.51. The average Bonchev–Trinajstić information content (AvgIpc) is 3.24.